The van der Waals surface area contributed by atoms with E-state index < -0.39 is 18.3 Å². The van der Waals surface area contributed by atoms with E-state index in [9.17, 15) is 30.6 Å². The molecule has 3 aromatic heterocycles. The molecule has 0 amide bonds. The van der Waals surface area contributed by atoms with Crippen molar-refractivity contribution < 1.29 is 39.8 Å². The van der Waals surface area contributed by atoms with Gasteiger partial charge in [-0.25, -0.2) is 0 Å². The van der Waals surface area contributed by atoms with Crippen molar-refractivity contribution in [3.8, 4) is 11.5 Å². The number of aromatic amines is 2. The van der Waals surface area contributed by atoms with Gasteiger partial charge in [-0.2, -0.15) is 0 Å². The molecule has 3 heterocycles. The number of furan rings is 1. The number of aryl methyl sites for hydroxylation is 4. The summed E-state index contributed by atoms with van der Waals surface area (Å²) in [5.74, 6) is 3.28. The number of benzene rings is 3. The summed E-state index contributed by atoms with van der Waals surface area (Å²) in [5, 5.41) is 70.9. The van der Waals surface area contributed by atoms with E-state index >= 15 is 0 Å². The maximum absolute atomic E-state index is 11.5. The van der Waals surface area contributed by atoms with Gasteiger partial charge in [0.1, 0.15) is 24.2 Å². The lowest BCUT2D eigenvalue weighted by Crippen LogP contribution is -2.42. The predicted molar refractivity (Wildman–Crippen MR) is 276 cm³/mol. The Labute approximate surface area is 412 Å². The van der Waals surface area contributed by atoms with Crippen LogP contribution in [0.25, 0.3) is 27.8 Å². The second-order valence-electron chi connectivity index (χ2n) is 20.9. The Morgan fingerprint density at radius 1 is 0.886 bits per heavy atom. The minimum absolute atomic E-state index is 0.00327. The highest BCUT2D eigenvalue weighted by Gasteiger charge is 2.42. The van der Waals surface area contributed by atoms with Crippen molar-refractivity contribution >= 4 is 27.8 Å². The number of phenols is 1. The van der Waals surface area contributed by atoms with Crippen LogP contribution in [0.1, 0.15) is 153 Å². The molecule has 9 rings (SSSR count). The van der Waals surface area contributed by atoms with Crippen molar-refractivity contribution in [2.75, 3.05) is 19.8 Å². The van der Waals surface area contributed by atoms with Gasteiger partial charge in [0, 0.05) is 84.0 Å². The van der Waals surface area contributed by atoms with Crippen LogP contribution in [0.15, 0.2) is 77.4 Å². The molecule has 12 heteroatoms. The number of aliphatic hydroxyl groups excluding tert-OH is 5. The van der Waals surface area contributed by atoms with Gasteiger partial charge in [0.15, 0.2) is 11.5 Å². The number of unbranched alkanes of at least 4 members (excludes halogenated alkanes) is 3. The van der Waals surface area contributed by atoms with Crippen LogP contribution in [-0.2, 0) is 32.3 Å². The first-order valence-corrected chi connectivity index (χ1v) is 26.3. The van der Waals surface area contributed by atoms with Crippen molar-refractivity contribution in [2.24, 2.45) is 23.5 Å². The molecular weight excluding hydrogens is 881 g/mol. The molecule has 6 aromatic rings. The Morgan fingerprint density at radius 2 is 1.76 bits per heavy atom. The molecule has 1 fully saturated rings. The highest BCUT2D eigenvalue weighted by Crippen LogP contribution is 2.50. The molecule has 0 bridgehead atoms. The smallest absolute Gasteiger partial charge is 0.161 e. The van der Waals surface area contributed by atoms with E-state index in [1.807, 2.05) is 24.4 Å². The van der Waals surface area contributed by atoms with Gasteiger partial charge >= 0.3 is 0 Å². The van der Waals surface area contributed by atoms with Crippen LogP contribution in [0.5, 0.6) is 11.5 Å². The topological polar surface area (TPSA) is 213 Å². The van der Waals surface area contributed by atoms with Gasteiger partial charge in [0.25, 0.3) is 0 Å². The first-order valence-electron chi connectivity index (χ1n) is 26.3. The largest absolute Gasteiger partial charge is 0.504 e. The lowest BCUT2D eigenvalue weighted by Gasteiger charge is -2.35. The van der Waals surface area contributed by atoms with Gasteiger partial charge < -0.3 is 60.8 Å². The van der Waals surface area contributed by atoms with Crippen LogP contribution in [-0.4, -0.2) is 78.6 Å². The van der Waals surface area contributed by atoms with Crippen LogP contribution >= 0.6 is 0 Å². The van der Waals surface area contributed by atoms with Crippen molar-refractivity contribution in [2.45, 2.75) is 153 Å². The number of hydrogen-bond donors (Lipinski definition) is 10. The molecule has 3 aliphatic rings. The van der Waals surface area contributed by atoms with Crippen LogP contribution in [0.3, 0.4) is 0 Å². The number of fused-ring (bicyclic) bond motifs is 6. The van der Waals surface area contributed by atoms with E-state index in [2.05, 4.69) is 63.8 Å². The molecule has 0 saturated heterocycles. The molecule has 1 saturated carbocycles. The number of nitrogens with two attached hydrogens (primary N) is 1. The molecule has 376 valence electrons. The zero-order chi connectivity index (χ0) is 48.7. The summed E-state index contributed by atoms with van der Waals surface area (Å²) in [7, 11) is 0. The molecule has 0 aliphatic heterocycles. The van der Waals surface area contributed by atoms with Gasteiger partial charge in [-0.15, -0.1) is 0 Å². The quantitative estimate of drug-likeness (QED) is 0.0260. The summed E-state index contributed by atoms with van der Waals surface area (Å²) in [5.41, 5.74) is 14.7. The standard InChI is InChI=1S/C58H76N4O8/c1-35(65)32-61-50(11-7-25-63)57-44-10-6-8-37(44)17-21-49-48(57)31-52(62-49)54(67)34-69-56-26-36(14-22-53(56)66)13-18-43-28-41(33-64)55(70-43)12-5-3-2-4-9-42(59)27-40-16-19-45-46(58(40)68)20-15-38-30-51-39(23-24-60-51)29-47(38)45/h14-16,19-20,22-24,26,28-31,35,37,40,42,44,50,54,57-58,60-68H,2-13,17-18,21,25,27,32-34,59H2,1H3/t35-,37+,40-,42-,44-,50+,54-,57-,58+/m0/s1. The molecular formula is C58H76N4O8. The van der Waals surface area contributed by atoms with Crippen LogP contribution in [0, 0.1) is 17.8 Å². The Hall–Kier alpha value is -4.92. The Kier molecular flexibility index (Phi) is 16.5. The first-order chi connectivity index (χ1) is 34.1. The summed E-state index contributed by atoms with van der Waals surface area (Å²) in [6, 6.07) is 20.1. The number of aromatic hydroxyl groups is 1. The molecule has 12 nitrogen and oxygen atoms in total. The van der Waals surface area contributed by atoms with Gasteiger partial charge in [-0.3, -0.25) is 0 Å². The molecule has 70 heavy (non-hydrogen) atoms. The monoisotopic (exact) mass is 957 g/mol. The maximum atomic E-state index is 11.5. The molecule has 0 unspecified atom stereocenters. The van der Waals surface area contributed by atoms with Crippen LogP contribution < -0.4 is 15.8 Å². The SMILES string of the molecule is C[C@H](O)CN[C@H](CCCO)[C@@H]1c2cc([C@@H](O)COc3cc(CCc4cc(CO)c(CCCCCC[C@H](N)C[C@@H]5C=Cc6c(ccc7cc8[nH]ccc8cc67)[C@@H]5O)o4)ccc3O)[nH]c2CC[C@H]2CCC[C@@H]21. The fourth-order valence-corrected chi connectivity index (χ4v) is 12.2. The third-order valence-corrected chi connectivity index (χ3v) is 15.9. The van der Waals surface area contributed by atoms with E-state index in [-0.39, 0.29) is 49.5 Å². The van der Waals surface area contributed by atoms with Crippen molar-refractivity contribution in [1.29, 1.82) is 0 Å². The lowest BCUT2D eigenvalue weighted by atomic mass is 9.75. The van der Waals surface area contributed by atoms with E-state index in [0.717, 1.165) is 132 Å². The fraction of sp³-hybridized carbons (Fsp3) is 0.517. The maximum Gasteiger partial charge on any atom is 0.161 e. The molecule has 0 spiro atoms. The molecule has 0 radical (unpaired) electrons. The highest BCUT2D eigenvalue weighted by molar-refractivity contribution is 6.01. The zero-order valence-corrected chi connectivity index (χ0v) is 40.9. The average molecular weight is 957 g/mol. The van der Waals surface area contributed by atoms with E-state index in [1.165, 1.54) is 18.4 Å². The Morgan fingerprint density at radius 3 is 2.60 bits per heavy atom. The van der Waals surface area contributed by atoms with Gasteiger partial charge in [0.05, 0.1) is 18.8 Å². The summed E-state index contributed by atoms with van der Waals surface area (Å²) in [6.07, 6.45) is 19.1. The number of phenolic OH excluding ortho intramolecular Hbond substituents is 1. The van der Waals surface area contributed by atoms with E-state index in [1.54, 1.807) is 13.0 Å². The van der Waals surface area contributed by atoms with E-state index in [0.29, 0.717) is 49.1 Å². The normalized spacial score (nSPS) is 21.6. The highest BCUT2D eigenvalue weighted by atomic mass is 16.5. The number of nitrogens with one attached hydrogen (secondary N) is 3. The summed E-state index contributed by atoms with van der Waals surface area (Å²) < 4.78 is 12.4. The number of ether oxygens (including phenoxy) is 1. The summed E-state index contributed by atoms with van der Waals surface area (Å²) in [6.45, 7) is 2.28. The van der Waals surface area contributed by atoms with Crippen LogP contribution in [0.4, 0.5) is 0 Å². The summed E-state index contributed by atoms with van der Waals surface area (Å²) >= 11 is 0. The predicted octanol–water partition coefficient (Wildman–Crippen LogP) is 9.48. The number of aromatic nitrogens is 2. The van der Waals surface area contributed by atoms with E-state index in [4.69, 9.17) is 14.9 Å². The molecule has 3 aliphatic carbocycles. The third kappa shape index (κ3) is 11.5. The van der Waals surface area contributed by atoms with Gasteiger partial charge in [-0.05, 0) is 152 Å². The Balaban J connectivity index is 0.728. The van der Waals surface area contributed by atoms with Crippen molar-refractivity contribution in [3.63, 3.8) is 0 Å². The number of hydrogen-bond acceptors (Lipinski definition) is 10. The minimum Gasteiger partial charge on any atom is -0.504 e. The lowest BCUT2D eigenvalue weighted by molar-refractivity contribution is 0.103. The number of H-pyrrole nitrogens is 2. The first kappa shape index (κ1) is 50.0. The number of aliphatic hydroxyl groups is 5. The van der Waals surface area contributed by atoms with Crippen LogP contribution in [0.2, 0.25) is 0 Å². The van der Waals surface area contributed by atoms with Crippen molar-refractivity contribution in [3.05, 3.63) is 124 Å². The molecule has 9 atom stereocenters. The minimum atomic E-state index is -0.940. The molecule has 3 aromatic carbocycles. The average Bonchev–Trinajstić information content (AvgIpc) is 4.18. The fourth-order valence-electron chi connectivity index (χ4n) is 12.2. The molecule has 11 N–H and O–H groups in total. The summed E-state index contributed by atoms with van der Waals surface area (Å²) in [4.78, 5) is 6.86. The number of rotatable bonds is 24. The second-order valence-corrected chi connectivity index (χ2v) is 20.9. The van der Waals surface area contributed by atoms with Crippen molar-refractivity contribution in [1.82, 2.24) is 15.3 Å². The zero-order valence-electron chi connectivity index (χ0n) is 40.9. The van der Waals surface area contributed by atoms with Gasteiger partial charge in [-0.1, -0.05) is 62.5 Å². The Bertz CT molecular complexity index is 2680. The second kappa shape index (κ2) is 23.1. The van der Waals surface area contributed by atoms with Gasteiger partial charge in [0.2, 0.25) is 0 Å². The third-order valence-electron chi connectivity index (χ3n) is 15.9.